The Morgan fingerprint density at radius 3 is 2.50 bits per heavy atom. The van der Waals surface area contributed by atoms with E-state index in [2.05, 4.69) is 5.32 Å². The second kappa shape index (κ2) is 7.73. The molecule has 0 bridgehead atoms. The standard InChI is InChI=1S/C19H19N3O6/c23-19(13-1-4-17-18(11-13)28-10-9-27-17)20-14-2-3-15(16(12-14)22(24)25)21-5-7-26-8-6-21/h1-4,11-12H,5-10H2,(H,20,23). The fourth-order valence-corrected chi connectivity index (χ4v) is 3.21. The molecule has 1 amide bonds. The zero-order valence-corrected chi connectivity index (χ0v) is 15.1. The highest BCUT2D eigenvalue weighted by Crippen LogP contribution is 2.33. The van der Waals surface area contributed by atoms with Gasteiger partial charge in [-0.05, 0) is 30.3 Å². The topological polar surface area (TPSA) is 103 Å². The summed E-state index contributed by atoms with van der Waals surface area (Å²) >= 11 is 0. The van der Waals surface area contributed by atoms with Gasteiger partial charge in [-0.25, -0.2) is 0 Å². The van der Waals surface area contributed by atoms with Crippen molar-refractivity contribution in [3.8, 4) is 11.5 Å². The highest BCUT2D eigenvalue weighted by atomic mass is 16.6. The average molecular weight is 385 g/mol. The van der Waals surface area contributed by atoms with E-state index >= 15 is 0 Å². The van der Waals surface area contributed by atoms with E-state index in [0.29, 0.717) is 68.0 Å². The molecule has 0 saturated carbocycles. The third-order valence-electron chi connectivity index (χ3n) is 4.59. The lowest BCUT2D eigenvalue weighted by Crippen LogP contribution is -2.36. The van der Waals surface area contributed by atoms with Crippen LogP contribution >= 0.6 is 0 Å². The van der Waals surface area contributed by atoms with E-state index in [1.54, 1.807) is 30.3 Å². The first-order valence-electron chi connectivity index (χ1n) is 8.94. The number of amides is 1. The number of nitro benzene ring substituents is 1. The number of rotatable bonds is 4. The second-order valence-electron chi connectivity index (χ2n) is 6.37. The molecule has 146 valence electrons. The smallest absolute Gasteiger partial charge is 0.294 e. The Balaban J connectivity index is 1.55. The summed E-state index contributed by atoms with van der Waals surface area (Å²) < 4.78 is 16.2. The van der Waals surface area contributed by atoms with Crippen molar-refractivity contribution in [3.63, 3.8) is 0 Å². The summed E-state index contributed by atoms with van der Waals surface area (Å²) in [6, 6.07) is 9.59. The molecule has 4 rings (SSSR count). The van der Waals surface area contributed by atoms with Gasteiger partial charge in [0.05, 0.1) is 18.1 Å². The van der Waals surface area contributed by atoms with Crippen LogP contribution in [0.1, 0.15) is 10.4 Å². The number of carbonyl (C=O) groups excluding carboxylic acids is 1. The van der Waals surface area contributed by atoms with E-state index in [9.17, 15) is 14.9 Å². The summed E-state index contributed by atoms with van der Waals surface area (Å²) in [4.78, 5) is 25.6. The van der Waals surface area contributed by atoms with E-state index in [4.69, 9.17) is 14.2 Å². The van der Waals surface area contributed by atoms with Crippen LogP contribution in [0, 0.1) is 10.1 Å². The minimum Gasteiger partial charge on any atom is -0.486 e. The van der Waals surface area contributed by atoms with Crippen LogP contribution in [0.25, 0.3) is 0 Å². The number of nitrogens with one attached hydrogen (secondary N) is 1. The number of hydrogen-bond donors (Lipinski definition) is 1. The molecule has 2 aliphatic heterocycles. The summed E-state index contributed by atoms with van der Waals surface area (Å²) in [5, 5.41) is 14.2. The molecule has 9 heteroatoms. The van der Waals surface area contributed by atoms with Crippen molar-refractivity contribution < 1.29 is 23.9 Å². The van der Waals surface area contributed by atoms with E-state index < -0.39 is 4.92 Å². The maximum atomic E-state index is 12.6. The highest BCUT2D eigenvalue weighted by Gasteiger charge is 2.23. The molecule has 0 spiro atoms. The van der Waals surface area contributed by atoms with Crippen LogP contribution in [0.15, 0.2) is 36.4 Å². The van der Waals surface area contributed by atoms with Gasteiger partial charge in [-0.1, -0.05) is 0 Å². The first-order valence-corrected chi connectivity index (χ1v) is 8.94. The lowest BCUT2D eigenvalue weighted by Gasteiger charge is -2.28. The number of carbonyl (C=O) groups is 1. The van der Waals surface area contributed by atoms with Crippen molar-refractivity contribution >= 4 is 23.0 Å². The molecule has 9 nitrogen and oxygen atoms in total. The molecule has 0 radical (unpaired) electrons. The zero-order valence-electron chi connectivity index (χ0n) is 15.1. The Kier molecular flexibility index (Phi) is 4.98. The number of benzene rings is 2. The predicted octanol–water partition coefficient (Wildman–Crippen LogP) is 2.45. The lowest BCUT2D eigenvalue weighted by atomic mass is 10.1. The van der Waals surface area contributed by atoms with Crippen molar-refractivity contribution in [1.82, 2.24) is 0 Å². The van der Waals surface area contributed by atoms with Gasteiger partial charge in [-0.15, -0.1) is 0 Å². The maximum Gasteiger partial charge on any atom is 0.294 e. The fourth-order valence-electron chi connectivity index (χ4n) is 3.21. The SMILES string of the molecule is O=C(Nc1ccc(N2CCOCC2)c([N+](=O)[O-])c1)c1ccc2c(c1)OCCO2. The molecule has 1 saturated heterocycles. The number of nitro groups is 1. The van der Waals surface area contributed by atoms with Crippen LogP contribution in [0.4, 0.5) is 17.1 Å². The Labute approximate surface area is 160 Å². The molecule has 2 heterocycles. The molecule has 0 aliphatic carbocycles. The quantitative estimate of drug-likeness (QED) is 0.637. The Hall–Kier alpha value is -3.33. The van der Waals surface area contributed by atoms with E-state index in [-0.39, 0.29) is 11.6 Å². The van der Waals surface area contributed by atoms with Crippen LogP contribution < -0.4 is 19.7 Å². The predicted molar refractivity (Wildman–Crippen MR) is 102 cm³/mol. The molecule has 1 fully saturated rings. The summed E-state index contributed by atoms with van der Waals surface area (Å²) in [5.41, 5.74) is 1.19. The zero-order chi connectivity index (χ0) is 19.5. The van der Waals surface area contributed by atoms with Crippen molar-refractivity contribution in [2.75, 3.05) is 49.7 Å². The molecule has 1 N–H and O–H groups in total. The van der Waals surface area contributed by atoms with Gasteiger partial charge in [0.2, 0.25) is 0 Å². The molecular formula is C19H19N3O6. The van der Waals surface area contributed by atoms with Crippen LogP contribution in [-0.4, -0.2) is 50.3 Å². The Morgan fingerprint density at radius 1 is 1.00 bits per heavy atom. The van der Waals surface area contributed by atoms with E-state index in [1.165, 1.54) is 6.07 Å². The minimum atomic E-state index is -0.440. The molecule has 0 aromatic heterocycles. The van der Waals surface area contributed by atoms with Crippen molar-refractivity contribution in [2.45, 2.75) is 0 Å². The fraction of sp³-hybridized carbons (Fsp3) is 0.316. The molecule has 2 aliphatic rings. The minimum absolute atomic E-state index is 0.0538. The number of hydrogen-bond acceptors (Lipinski definition) is 7. The van der Waals surface area contributed by atoms with Gasteiger partial charge in [0.15, 0.2) is 11.5 Å². The largest absolute Gasteiger partial charge is 0.486 e. The van der Waals surface area contributed by atoms with Crippen LogP contribution in [-0.2, 0) is 4.74 Å². The first-order chi connectivity index (χ1) is 13.6. The number of nitrogens with zero attached hydrogens (tertiary/aromatic N) is 2. The summed E-state index contributed by atoms with van der Waals surface area (Å²) in [6.07, 6.45) is 0. The second-order valence-corrected chi connectivity index (χ2v) is 6.37. The van der Waals surface area contributed by atoms with Crippen LogP contribution in [0.3, 0.4) is 0 Å². The van der Waals surface area contributed by atoms with Crippen LogP contribution in [0.2, 0.25) is 0 Å². The monoisotopic (exact) mass is 385 g/mol. The summed E-state index contributed by atoms with van der Waals surface area (Å²) in [7, 11) is 0. The van der Waals surface area contributed by atoms with Crippen molar-refractivity contribution in [2.24, 2.45) is 0 Å². The van der Waals surface area contributed by atoms with Gasteiger partial charge in [-0.2, -0.15) is 0 Å². The van der Waals surface area contributed by atoms with Gasteiger partial charge < -0.3 is 24.4 Å². The first kappa shape index (κ1) is 18.1. The summed E-state index contributed by atoms with van der Waals surface area (Å²) in [6.45, 7) is 3.12. The van der Waals surface area contributed by atoms with Gasteiger partial charge >= 0.3 is 0 Å². The van der Waals surface area contributed by atoms with E-state index in [0.717, 1.165) is 0 Å². The van der Waals surface area contributed by atoms with Gasteiger partial charge in [-0.3, -0.25) is 14.9 Å². The lowest BCUT2D eigenvalue weighted by molar-refractivity contribution is -0.384. The number of fused-ring (bicyclic) bond motifs is 1. The Morgan fingerprint density at radius 2 is 1.75 bits per heavy atom. The number of ether oxygens (including phenoxy) is 3. The normalized spacial score (nSPS) is 15.8. The molecule has 0 atom stereocenters. The van der Waals surface area contributed by atoms with Crippen molar-refractivity contribution in [1.29, 1.82) is 0 Å². The van der Waals surface area contributed by atoms with Crippen LogP contribution in [0.5, 0.6) is 11.5 Å². The number of morpholine rings is 1. The van der Waals surface area contributed by atoms with Gasteiger partial charge in [0.1, 0.15) is 18.9 Å². The third-order valence-corrected chi connectivity index (χ3v) is 4.59. The van der Waals surface area contributed by atoms with Crippen molar-refractivity contribution in [3.05, 3.63) is 52.1 Å². The maximum absolute atomic E-state index is 12.6. The van der Waals surface area contributed by atoms with E-state index in [1.807, 2.05) is 4.90 Å². The van der Waals surface area contributed by atoms with Gasteiger partial charge in [0.25, 0.3) is 11.6 Å². The third kappa shape index (κ3) is 3.70. The highest BCUT2D eigenvalue weighted by molar-refractivity contribution is 6.05. The molecule has 0 unspecified atom stereocenters. The summed E-state index contributed by atoms with van der Waals surface area (Å²) in [5.74, 6) is 0.714. The molecular weight excluding hydrogens is 366 g/mol. The Bertz CT molecular complexity index is 911. The molecule has 2 aromatic carbocycles. The molecule has 28 heavy (non-hydrogen) atoms. The van der Waals surface area contributed by atoms with Gasteiger partial charge in [0, 0.05) is 30.4 Å². The average Bonchev–Trinajstić information content (AvgIpc) is 2.74. The number of anilines is 2. The molecule has 2 aromatic rings.